The largest absolute Gasteiger partial charge is 0.465 e. The molecule has 0 spiro atoms. The minimum absolute atomic E-state index is 0.381. The molecule has 4 nitrogen and oxygen atoms in total. The fraction of sp³-hybridized carbons (Fsp3) is 0.133. The zero-order valence-corrected chi connectivity index (χ0v) is 11.7. The van der Waals surface area contributed by atoms with Crippen LogP contribution in [0, 0.1) is 6.92 Å². The van der Waals surface area contributed by atoms with Gasteiger partial charge in [-0.2, -0.15) is 0 Å². The van der Waals surface area contributed by atoms with Gasteiger partial charge in [0.1, 0.15) is 5.15 Å². The number of fused-ring (bicyclic) bond motifs is 3. The predicted molar refractivity (Wildman–Crippen MR) is 78.1 cm³/mol. The minimum Gasteiger partial charge on any atom is -0.465 e. The van der Waals surface area contributed by atoms with Gasteiger partial charge in [-0.3, -0.25) is 4.98 Å². The number of esters is 1. The van der Waals surface area contributed by atoms with Gasteiger partial charge in [-0.1, -0.05) is 11.6 Å². The molecular formula is C15H11ClN2O2. The third-order valence-corrected chi connectivity index (χ3v) is 3.59. The Morgan fingerprint density at radius 3 is 2.80 bits per heavy atom. The van der Waals surface area contributed by atoms with Crippen LogP contribution in [-0.4, -0.2) is 23.0 Å². The molecule has 20 heavy (non-hydrogen) atoms. The summed E-state index contributed by atoms with van der Waals surface area (Å²) in [5, 5.41) is 3.08. The molecule has 0 fully saturated rings. The maximum absolute atomic E-state index is 11.7. The number of methoxy groups -OCH3 is 1. The number of carbonyl (C=O) groups is 1. The lowest BCUT2D eigenvalue weighted by molar-refractivity contribution is 0.0600. The van der Waals surface area contributed by atoms with Crippen LogP contribution >= 0.6 is 11.6 Å². The number of aryl methyl sites for hydroxylation is 1. The van der Waals surface area contributed by atoms with Crippen LogP contribution < -0.4 is 0 Å². The van der Waals surface area contributed by atoms with E-state index in [9.17, 15) is 4.79 Å². The van der Waals surface area contributed by atoms with Crippen LogP contribution in [0.1, 0.15) is 15.9 Å². The molecule has 0 saturated heterocycles. The number of rotatable bonds is 1. The monoisotopic (exact) mass is 286 g/mol. The van der Waals surface area contributed by atoms with Crippen molar-refractivity contribution >= 4 is 39.2 Å². The van der Waals surface area contributed by atoms with Crippen LogP contribution in [0.4, 0.5) is 0 Å². The van der Waals surface area contributed by atoms with E-state index in [1.54, 1.807) is 18.5 Å². The molecule has 2 aromatic heterocycles. The lowest BCUT2D eigenvalue weighted by Gasteiger charge is -2.09. The van der Waals surface area contributed by atoms with E-state index in [2.05, 4.69) is 9.97 Å². The van der Waals surface area contributed by atoms with Gasteiger partial charge < -0.3 is 4.74 Å². The highest BCUT2D eigenvalue weighted by Crippen LogP contribution is 2.30. The van der Waals surface area contributed by atoms with Crippen molar-refractivity contribution in [2.45, 2.75) is 6.92 Å². The topological polar surface area (TPSA) is 52.1 Å². The lowest BCUT2D eigenvalue weighted by Crippen LogP contribution is -2.04. The molecular weight excluding hydrogens is 276 g/mol. The second-order valence-electron chi connectivity index (χ2n) is 4.50. The smallest absolute Gasteiger partial charge is 0.338 e. The van der Waals surface area contributed by atoms with E-state index in [-0.39, 0.29) is 5.97 Å². The molecule has 5 heteroatoms. The molecule has 0 bridgehead atoms. The summed E-state index contributed by atoms with van der Waals surface area (Å²) in [6.07, 6.45) is 3.43. The van der Waals surface area contributed by atoms with E-state index in [1.807, 2.05) is 19.1 Å². The zero-order chi connectivity index (χ0) is 14.3. The first kappa shape index (κ1) is 12.8. The highest BCUT2D eigenvalue weighted by molar-refractivity contribution is 6.35. The summed E-state index contributed by atoms with van der Waals surface area (Å²) in [5.41, 5.74) is 1.98. The Morgan fingerprint density at radius 2 is 2.05 bits per heavy atom. The average Bonchev–Trinajstić information content (AvgIpc) is 2.47. The molecule has 0 atom stereocenters. The number of benzene rings is 1. The summed E-state index contributed by atoms with van der Waals surface area (Å²) in [4.78, 5) is 20.2. The molecule has 3 rings (SSSR count). The first-order valence-electron chi connectivity index (χ1n) is 6.03. The van der Waals surface area contributed by atoms with Gasteiger partial charge in [0, 0.05) is 28.6 Å². The molecule has 1 aromatic carbocycles. The van der Waals surface area contributed by atoms with Gasteiger partial charge in [0.25, 0.3) is 0 Å². The average molecular weight is 287 g/mol. The first-order valence-corrected chi connectivity index (χ1v) is 6.41. The van der Waals surface area contributed by atoms with Gasteiger partial charge in [-0.05, 0) is 30.7 Å². The van der Waals surface area contributed by atoms with Gasteiger partial charge in [0.15, 0.2) is 0 Å². The highest BCUT2D eigenvalue weighted by atomic mass is 35.5. The first-order chi connectivity index (χ1) is 9.61. The van der Waals surface area contributed by atoms with Crippen molar-refractivity contribution in [3.05, 3.63) is 46.9 Å². The molecule has 0 unspecified atom stereocenters. The second-order valence-corrected chi connectivity index (χ2v) is 4.86. The summed E-state index contributed by atoms with van der Waals surface area (Å²) < 4.78 is 4.77. The van der Waals surface area contributed by atoms with Crippen molar-refractivity contribution in [2.75, 3.05) is 7.11 Å². The molecule has 0 aliphatic heterocycles. The molecule has 0 amide bonds. The minimum atomic E-state index is -0.381. The maximum Gasteiger partial charge on any atom is 0.338 e. The van der Waals surface area contributed by atoms with Crippen molar-refractivity contribution in [1.82, 2.24) is 9.97 Å². The molecule has 3 aromatic rings. The van der Waals surface area contributed by atoms with Crippen molar-refractivity contribution in [3.63, 3.8) is 0 Å². The van der Waals surface area contributed by atoms with Gasteiger partial charge in [-0.25, -0.2) is 9.78 Å². The number of ether oxygens (including phenoxy) is 1. The third kappa shape index (κ3) is 1.89. The summed E-state index contributed by atoms with van der Waals surface area (Å²) in [5.74, 6) is -0.381. The molecule has 0 radical (unpaired) electrons. The van der Waals surface area contributed by atoms with Crippen molar-refractivity contribution in [1.29, 1.82) is 0 Å². The summed E-state index contributed by atoms with van der Waals surface area (Å²) in [7, 11) is 1.36. The number of hydrogen-bond donors (Lipinski definition) is 0. The molecule has 0 aliphatic rings. The second kappa shape index (κ2) is 4.72. The van der Waals surface area contributed by atoms with Crippen LogP contribution in [0.2, 0.25) is 5.15 Å². The van der Waals surface area contributed by atoms with Crippen molar-refractivity contribution < 1.29 is 9.53 Å². The van der Waals surface area contributed by atoms with Crippen LogP contribution in [0.5, 0.6) is 0 Å². The molecule has 100 valence electrons. The molecule has 2 heterocycles. The highest BCUT2D eigenvalue weighted by Gasteiger charge is 2.14. The predicted octanol–water partition coefficient (Wildman–Crippen LogP) is 3.53. The Labute approximate surface area is 120 Å². The number of aromatic nitrogens is 2. The normalized spacial score (nSPS) is 10.9. The number of halogens is 1. The fourth-order valence-electron chi connectivity index (χ4n) is 2.29. The number of nitrogens with zero attached hydrogens (tertiary/aromatic N) is 2. The quantitative estimate of drug-likeness (QED) is 0.390. The number of carbonyl (C=O) groups excluding carboxylic acids is 1. The maximum atomic E-state index is 11.7. The Kier molecular flexibility index (Phi) is 3.03. The number of hydrogen-bond acceptors (Lipinski definition) is 4. The number of pyridine rings is 2. The van der Waals surface area contributed by atoms with Gasteiger partial charge in [0.05, 0.1) is 18.2 Å². The van der Waals surface area contributed by atoms with Crippen LogP contribution in [0.25, 0.3) is 21.7 Å². The summed E-state index contributed by atoms with van der Waals surface area (Å²) >= 11 is 6.19. The van der Waals surface area contributed by atoms with Crippen molar-refractivity contribution in [3.8, 4) is 0 Å². The molecule has 0 aliphatic carbocycles. The van der Waals surface area contributed by atoms with Crippen LogP contribution in [-0.2, 0) is 4.74 Å². The zero-order valence-electron chi connectivity index (χ0n) is 11.0. The van der Waals surface area contributed by atoms with Gasteiger partial charge in [0.2, 0.25) is 0 Å². The Bertz CT molecular complexity index is 846. The van der Waals surface area contributed by atoms with Crippen LogP contribution in [0.3, 0.4) is 0 Å². The third-order valence-electron chi connectivity index (χ3n) is 3.30. The summed E-state index contributed by atoms with van der Waals surface area (Å²) in [6, 6.07) is 5.44. The van der Waals surface area contributed by atoms with E-state index in [1.165, 1.54) is 7.11 Å². The lowest BCUT2D eigenvalue weighted by atomic mass is 10.0. The van der Waals surface area contributed by atoms with E-state index in [4.69, 9.17) is 16.3 Å². The Hall–Kier alpha value is -2.20. The van der Waals surface area contributed by atoms with E-state index < -0.39 is 0 Å². The standard InChI is InChI=1S/C15H11ClN2O2/c1-8-5-11-12-7-17-4-3-9(12)14(16)18-13(11)6-10(8)15(19)20-2/h3-7H,1-2H3. The summed E-state index contributed by atoms with van der Waals surface area (Å²) in [6.45, 7) is 1.86. The van der Waals surface area contributed by atoms with E-state index in [0.29, 0.717) is 16.2 Å². The van der Waals surface area contributed by atoms with Crippen LogP contribution in [0.15, 0.2) is 30.6 Å². The van der Waals surface area contributed by atoms with E-state index in [0.717, 1.165) is 21.7 Å². The molecule has 0 N–H and O–H groups in total. The Morgan fingerprint density at radius 1 is 1.25 bits per heavy atom. The molecule has 0 saturated carbocycles. The van der Waals surface area contributed by atoms with Gasteiger partial charge >= 0.3 is 5.97 Å². The fourth-order valence-corrected chi connectivity index (χ4v) is 2.55. The van der Waals surface area contributed by atoms with Crippen molar-refractivity contribution in [2.24, 2.45) is 0 Å². The van der Waals surface area contributed by atoms with E-state index >= 15 is 0 Å². The van der Waals surface area contributed by atoms with Gasteiger partial charge in [-0.15, -0.1) is 0 Å². The Balaban J connectivity index is 2.43. The SMILES string of the molecule is COC(=O)c1cc2nc(Cl)c3ccncc3c2cc1C.